The van der Waals surface area contributed by atoms with Crippen LogP contribution in [0.2, 0.25) is 0 Å². The molecule has 45 heavy (non-hydrogen) atoms. The number of furan rings is 1. The zero-order chi connectivity index (χ0) is 29.7. The molecule has 3 aromatic carbocycles. The van der Waals surface area contributed by atoms with Crippen LogP contribution in [0, 0.1) is 0 Å². The molecule has 8 heteroatoms. The average Bonchev–Trinajstić information content (AvgIpc) is 3.50. The Balaban J connectivity index is 1.26. The highest BCUT2D eigenvalue weighted by molar-refractivity contribution is 6.10. The summed E-state index contributed by atoms with van der Waals surface area (Å²) in [4.78, 5) is 33.4. The highest BCUT2D eigenvalue weighted by atomic mass is 16.3. The Morgan fingerprint density at radius 2 is 1.09 bits per heavy atom. The summed E-state index contributed by atoms with van der Waals surface area (Å²) in [6, 6.07) is 35.5. The summed E-state index contributed by atoms with van der Waals surface area (Å²) >= 11 is 0. The Labute approximate surface area is 256 Å². The second-order valence-electron chi connectivity index (χ2n) is 10.6. The molecule has 0 aliphatic rings. The predicted octanol–water partition coefficient (Wildman–Crippen LogP) is 8.33. The normalized spacial score (nSPS) is 11.6. The number of hydrogen-bond acceptors (Lipinski definition) is 8. The van der Waals surface area contributed by atoms with Gasteiger partial charge in [0.25, 0.3) is 0 Å². The van der Waals surface area contributed by atoms with Crippen molar-refractivity contribution in [1.29, 1.82) is 0 Å². The fraction of sp³-hybridized carbons (Fsp3) is 0. The third-order valence-corrected chi connectivity index (χ3v) is 7.87. The zero-order valence-electron chi connectivity index (χ0n) is 23.7. The quantitative estimate of drug-likeness (QED) is 0.205. The first-order valence-corrected chi connectivity index (χ1v) is 14.5. The van der Waals surface area contributed by atoms with Gasteiger partial charge in [-0.05, 0) is 60.7 Å². The summed E-state index contributed by atoms with van der Waals surface area (Å²) in [7, 11) is 0. The molecule has 0 saturated heterocycles. The van der Waals surface area contributed by atoms with Crippen molar-refractivity contribution in [2.75, 3.05) is 0 Å². The number of nitrogens with zero attached hydrogens (tertiary/aromatic N) is 7. The van der Waals surface area contributed by atoms with Crippen LogP contribution in [0.4, 0.5) is 0 Å². The lowest BCUT2D eigenvalue weighted by molar-refractivity contribution is 0.669. The van der Waals surface area contributed by atoms with Crippen molar-refractivity contribution in [3.63, 3.8) is 0 Å². The standard InChI is InChI=1S/C37H21N7O/c1-3-11-27-23(9-1)32(43-36(41-27)29-13-5-7-18-38-29)22-15-16-31-26(21-22)34-35(45-31)25(17-20-40-34)33-24-10-2-4-12-28(24)42-37(44-33)30-14-6-8-19-39-30/h1-21H. The van der Waals surface area contributed by atoms with E-state index in [2.05, 4.69) is 16.0 Å². The van der Waals surface area contributed by atoms with Crippen molar-refractivity contribution >= 4 is 43.9 Å². The van der Waals surface area contributed by atoms with Gasteiger partial charge in [0.05, 0.1) is 22.4 Å². The van der Waals surface area contributed by atoms with Crippen molar-refractivity contribution in [3.05, 3.63) is 128 Å². The van der Waals surface area contributed by atoms with Gasteiger partial charge in [-0.3, -0.25) is 15.0 Å². The van der Waals surface area contributed by atoms with E-state index in [1.54, 1.807) is 18.6 Å². The maximum Gasteiger partial charge on any atom is 0.179 e. The van der Waals surface area contributed by atoms with E-state index in [0.29, 0.717) is 28.6 Å². The lowest BCUT2D eigenvalue weighted by Gasteiger charge is -2.09. The molecule has 0 radical (unpaired) electrons. The molecule has 210 valence electrons. The maximum atomic E-state index is 6.52. The molecule has 8 nitrogen and oxygen atoms in total. The van der Waals surface area contributed by atoms with Gasteiger partial charge in [-0.1, -0.05) is 48.5 Å². The molecule has 0 aliphatic heterocycles. The van der Waals surface area contributed by atoms with Gasteiger partial charge in [0.15, 0.2) is 17.2 Å². The molecule has 9 rings (SSSR count). The lowest BCUT2D eigenvalue weighted by Crippen LogP contribution is -1.96. The van der Waals surface area contributed by atoms with Crippen molar-refractivity contribution in [1.82, 2.24) is 34.9 Å². The molecule has 0 N–H and O–H groups in total. The summed E-state index contributed by atoms with van der Waals surface area (Å²) < 4.78 is 6.52. The number of para-hydroxylation sites is 2. The summed E-state index contributed by atoms with van der Waals surface area (Å²) in [6.45, 7) is 0. The van der Waals surface area contributed by atoms with Crippen molar-refractivity contribution < 1.29 is 4.42 Å². The number of rotatable bonds is 4. The van der Waals surface area contributed by atoms with Crippen LogP contribution in [-0.2, 0) is 0 Å². The monoisotopic (exact) mass is 579 g/mol. The van der Waals surface area contributed by atoms with Crippen LogP contribution in [0.1, 0.15) is 0 Å². The Bertz CT molecular complexity index is 2550. The molecular formula is C37H21N7O. The number of fused-ring (bicyclic) bond motifs is 5. The Morgan fingerprint density at radius 3 is 1.76 bits per heavy atom. The first-order valence-electron chi connectivity index (χ1n) is 14.5. The second-order valence-corrected chi connectivity index (χ2v) is 10.6. The maximum absolute atomic E-state index is 6.52. The zero-order valence-corrected chi connectivity index (χ0v) is 23.7. The third-order valence-electron chi connectivity index (χ3n) is 7.87. The SMILES string of the molecule is c1ccc(-c2nc(-c3ccc4oc5c(-c6nc(-c7ccccn7)nc7ccccc67)ccnc5c4c3)c3ccccc3n2)nc1. The minimum Gasteiger partial charge on any atom is -0.454 e. The number of hydrogen-bond donors (Lipinski definition) is 0. The summed E-state index contributed by atoms with van der Waals surface area (Å²) in [6.07, 6.45) is 5.30. The van der Waals surface area contributed by atoms with Crippen molar-refractivity contribution in [3.8, 4) is 45.6 Å². The molecule has 0 unspecified atom stereocenters. The van der Waals surface area contributed by atoms with E-state index in [4.69, 9.17) is 29.3 Å². The molecule has 0 atom stereocenters. The molecule has 0 saturated carbocycles. The van der Waals surface area contributed by atoms with Gasteiger partial charge in [-0.25, -0.2) is 19.9 Å². The molecule has 9 aromatic rings. The minimum atomic E-state index is 0.548. The van der Waals surface area contributed by atoms with Gasteiger partial charge in [0.1, 0.15) is 22.5 Å². The van der Waals surface area contributed by atoms with E-state index in [1.165, 1.54) is 0 Å². The van der Waals surface area contributed by atoms with E-state index in [0.717, 1.165) is 60.8 Å². The van der Waals surface area contributed by atoms with Crippen LogP contribution in [0.25, 0.3) is 89.4 Å². The van der Waals surface area contributed by atoms with E-state index < -0.39 is 0 Å². The van der Waals surface area contributed by atoms with Gasteiger partial charge in [-0.15, -0.1) is 0 Å². The van der Waals surface area contributed by atoms with Gasteiger partial charge < -0.3 is 4.42 Å². The molecule has 0 amide bonds. The topological polar surface area (TPSA) is 103 Å². The molecule has 0 fully saturated rings. The van der Waals surface area contributed by atoms with Gasteiger partial charge >= 0.3 is 0 Å². The first-order chi connectivity index (χ1) is 22.3. The number of aromatic nitrogens is 7. The molecule has 0 bridgehead atoms. The summed E-state index contributed by atoms with van der Waals surface area (Å²) in [5, 5.41) is 2.75. The van der Waals surface area contributed by atoms with E-state index in [9.17, 15) is 0 Å². The Morgan fingerprint density at radius 1 is 0.467 bits per heavy atom. The van der Waals surface area contributed by atoms with Crippen LogP contribution in [0.5, 0.6) is 0 Å². The van der Waals surface area contributed by atoms with Crippen LogP contribution in [0.3, 0.4) is 0 Å². The third kappa shape index (κ3) is 4.19. The lowest BCUT2D eigenvalue weighted by atomic mass is 10.0. The fourth-order valence-corrected chi connectivity index (χ4v) is 5.79. The van der Waals surface area contributed by atoms with Gasteiger partial charge in [0, 0.05) is 45.9 Å². The van der Waals surface area contributed by atoms with E-state index in [1.807, 2.05) is 103 Å². The molecule has 0 aliphatic carbocycles. The number of pyridine rings is 3. The van der Waals surface area contributed by atoms with Crippen LogP contribution in [-0.4, -0.2) is 34.9 Å². The van der Waals surface area contributed by atoms with Crippen LogP contribution >= 0.6 is 0 Å². The van der Waals surface area contributed by atoms with E-state index >= 15 is 0 Å². The minimum absolute atomic E-state index is 0.548. The van der Waals surface area contributed by atoms with Crippen molar-refractivity contribution in [2.24, 2.45) is 0 Å². The molecule has 6 heterocycles. The second kappa shape index (κ2) is 10.1. The average molecular weight is 580 g/mol. The Hall–Kier alpha value is -6.41. The summed E-state index contributed by atoms with van der Waals surface area (Å²) in [5.74, 6) is 1.12. The van der Waals surface area contributed by atoms with Crippen LogP contribution in [0.15, 0.2) is 132 Å². The highest BCUT2D eigenvalue weighted by Crippen LogP contribution is 2.39. The van der Waals surface area contributed by atoms with Crippen molar-refractivity contribution in [2.45, 2.75) is 0 Å². The number of benzene rings is 3. The van der Waals surface area contributed by atoms with Crippen LogP contribution < -0.4 is 0 Å². The van der Waals surface area contributed by atoms with Gasteiger partial charge in [-0.2, -0.15) is 0 Å². The largest absolute Gasteiger partial charge is 0.454 e. The molecule has 0 spiro atoms. The Kier molecular flexibility index (Phi) is 5.64. The van der Waals surface area contributed by atoms with Gasteiger partial charge in [0.2, 0.25) is 0 Å². The van der Waals surface area contributed by atoms with E-state index in [-0.39, 0.29) is 0 Å². The molecule has 6 aromatic heterocycles. The predicted molar refractivity (Wildman–Crippen MR) is 175 cm³/mol. The summed E-state index contributed by atoms with van der Waals surface area (Å²) in [5.41, 5.74) is 8.55. The molecular weight excluding hydrogens is 558 g/mol. The fourth-order valence-electron chi connectivity index (χ4n) is 5.79. The smallest absolute Gasteiger partial charge is 0.179 e. The highest BCUT2D eigenvalue weighted by Gasteiger charge is 2.20. The first kappa shape index (κ1) is 25.1.